The van der Waals surface area contributed by atoms with E-state index in [1.807, 2.05) is 20.8 Å². The second-order valence-electron chi connectivity index (χ2n) is 4.64. The maximum absolute atomic E-state index is 11.3. The molecule has 0 fully saturated rings. The van der Waals surface area contributed by atoms with E-state index in [-0.39, 0.29) is 23.0 Å². The zero-order valence-corrected chi connectivity index (χ0v) is 10.8. The monoisotopic (exact) mass is 250 g/mol. The van der Waals surface area contributed by atoms with Crippen LogP contribution in [-0.2, 0) is 0 Å². The Morgan fingerprint density at radius 2 is 1.78 bits per heavy atom. The fraction of sp³-hybridized carbons (Fsp3) is 0.429. The van der Waals surface area contributed by atoms with E-state index in [0.29, 0.717) is 5.56 Å². The van der Waals surface area contributed by atoms with E-state index in [4.69, 9.17) is 5.11 Å². The van der Waals surface area contributed by atoms with Crippen molar-refractivity contribution in [3.05, 3.63) is 34.9 Å². The molecular weight excluding hydrogens is 232 g/mol. The van der Waals surface area contributed by atoms with Crippen LogP contribution in [0.2, 0.25) is 0 Å². The van der Waals surface area contributed by atoms with E-state index in [0.717, 1.165) is 6.42 Å². The zero-order chi connectivity index (χ0) is 13.9. The number of carbonyl (C=O) groups is 2. The molecule has 0 aliphatic rings. The van der Waals surface area contributed by atoms with Gasteiger partial charge in [0, 0.05) is 0 Å². The molecule has 0 aliphatic carbocycles. The lowest BCUT2D eigenvalue weighted by atomic mass is 9.82. The maximum atomic E-state index is 11.3. The van der Waals surface area contributed by atoms with Crippen molar-refractivity contribution in [3.8, 4) is 0 Å². The quantitative estimate of drug-likeness (QED) is 0.841. The molecule has 98 valence electrons. The minimum atomic E-state index is -1.20. The van der Waals surface area contributed by atoms with Gasteiger partial charge in [-0.05, 0) is 29.9 Å². The van der Waals surface area contributed by atoms with Gasteiger partial charge in [-0.15, -0.1) is 0 Å². The third-order valence-electron chi connectivity index (χ3n) is 3.18. The minimum absolute atomic E-state index is 0.0513. The molecule has 0 heterocycles. The molecule has 1 aromatic carbocycles. The molecule has 0 radical (unpaired) electrons. The number of benzene rings is 1. The normalized spacial score (nSPS) is 12.4. The molecule has 2 N–H and O–H groups in total. The molecule has 4 heteroatoms. The Balaban J connectivity index is 3.48. The van der Waals surface area contributed by atoms with E-state index in [9.17, 15) is 14.7 Å². The van der Waals surface area contributed by atoms with Gasteiger partial charge in [-0.25, -0.2) is 9.59 Å². The summed E-state index contributed by atoms with van der Waals surface area (Å²) in [6, 6.07) is 4.66. The van der Waals surface area contributed by atoms with Crippen LogP contribution in [0.5, 0.6) is 0 Å². The molecule has 0 saturated carbocycles. The molecule has 0 spiro atoms. The van der Waals surface area contributed by atoms with Gasteiger partial charge in [-0.3, -0.25) is 0 Å². The molecule has 0 saturated heterocycles. The number of hydrogen-bond donors (Lipinski definition) is 2. The van der Waals surface area contributed by atoms with E-state index >= 15 is 0 Å². The fourth-order valence-electron chi connectivity index (χ4n) is 2.35. The molecule has 1 unspecified atom stereocenters. The lowest BCUT2D eigenvalue weighted by Gasteiger charge is -2.22. The molecular formula is C14H18O4. The van der Waals surface area contributed by atoms with Crippen LogP contribution in [0.1, 0.15) is 59.4 Å². The molecule has 18 heavy (non-hydrogen) atoms. The smallest absolute Gasteiger partial charge is 0.336 e. The van der Waals surface area contributed by atoms with Gasteiger partial charge >= 0.3 is 11.9 Å². The Labute approximate surface area is 106 Å². The summed E-state index contributed by atoms with van der Waals surface area (Å²) in [4.78, 5) is 22.4. The van der Waals surface area contributed by atoms with Crippen LogP contribution in [-0.4, -0.2) is 22.2 Å². The van der Waals surface area contributed by atoms with Crippen molar-refractivity contribution in [2.75, 3.05) is 0 Å². The van der Waals surface area contributed by atoms with Crippen LogP contribution in [0, 0.1) is 5.92 Å². The summed E-state index contributed by atoms with van der Waals surface area (Å²) in [6.07, 6.45) is 0.779. The van der Waals surface area contributed by atoms with Crippen LogP contribution in [0.25, 0.3) is 0 Å². The fourth-order valence-corrected chi connectivity index (χ4v) is 2.35. The summed E-state index contributed by atoms with van der Waals surface area (Å²) >= 11 is 0. The van der Waals surface area contributed by atoms with Crippen LogP contribution in [0.3, 0.4) is 0 Å². The first kappa shape index (κ1) is 14.2. The van der Waals surface area contributed by atoms with Gasteiger partial charge < -0.3 is 10.2 Å². The molecule has 0 amide bonds. The highest BCUT2D eigenvalue weighted by Gasteiger charge is 2.25. The average molecular weight is 250 g/mol. The van der Waals surface area contributed by atoms with E-state index < -0.39 is 11.9 Å². The van der Waals surface area contributed by atoms with Crippen LogP contribution >= 0.6 is 0 Å². The van der Waals surface area contributed by atoms with Gasteiger partial charge in [0.25, 0.3) is 0 Å². The number of carboxylic acid groups (broad SMARTS) is 2. The van der Waals surface area contributed by atoms with Gasteiger partial charge in [0.15, 0.2) is 0 Å². The van der Waals surface area contributed by atoms with Crippen molar-refractivity contribution in [3.63, 3.8) is 0 Å². The average Bonchev–Trinajstić information content (AvgIpc) is 2.28. The first-order chi connectivity index (χ1) is 8.40. The molecule has 0 aliphatic heterocycles. The van der Waals surface area contributed by atoms with Crippen molar-refractivity contribution in [1.82, 2.24) is 0 Å². The Hall–Kier alpha value is -1.84. The summed E-state index contributed by atoms with van der Waals surface area (Å²) in [5.41, 5.74) is 0.393. The lowest BCUT2D eigenvalue weighted by Crippen LogP contribution is -2.16. The van der Waals surface area contributed by atoms with E-state index in [2.05, 4.69) is 0 Å². The molecule has 1 atom stereocenters. The summed E-state index contributed by atoms with van der Waals surface area (Å²) in [5, 5.41) is 18.3. The third-order valence-corrected chi connectivity index (χ3v) is 3.18. The summed E-state index contributed by atoms with van der Waals surface area (Å²) in [6.45, 7) is 5.99. The molecule has 0 aromatic heterocycles. The molecule has 0 bridgehead atoms. The van der Waals surface area contributed by atoms with Crippen LogP contribution < -0.4 is 0 Å². The zero-order valence-electron chi connectivity index (χ0n) is 10.8. The van der Waals surface area contributed by atoms with Crippen molar-refractivity contribution in [1.29, 1.82) is 0 Å². The lowest BCUT2D eigenvalue weighted by molar-refractivity contribution is 0.0649. The molecule has 1 rings (SSSR count). The van der Waals surface area contributed by atoms with Crippen molar-refractivity contribution in [2.24, 2.45) is 5.92 Å². The Bertz CT molecular complexity index is 463. The van der Waals surface area contributed by atoms with Gasteiger partial charge in [0.2, 0.25) is 0 Å². The highest BCUT2D eigenvalue weighted by atomic mass is 16.4. The van der Waals surface area contributed by atoms with Gasteiger partial charge in [0.1, 0.15) is 0 Å². The first-order valence-corrected chi connectivity index (χ1v) is 5.99. The van der Waals surface area contributed by atoms with E-state index in [1.54, 1.807) is 12.1 Å². The third kappa shape index (κ3) is 2.70. The number of rotatable bonds is 5. The predicted octanol–water partition coefficient (Wildman–Crippen LogP) is 3.23. The number of carboxylic acids is 2. The highest BCUT2D eigenvalue weighted by Crippen LogP contribution is 2.31. The van der Waals surface area contributed by atoms with Crippen molar-refractivity contribution in [2.45, 2.75) is 33.1 Å². The standard InChI is InChI=1S/C14H18O4/c1-4-9(8(2)3)10-6-5-7-11(13(15)16)12(10)14(17)18/h5-9H,4H2,1-3H3,(H,15,16)(H,17,18). The minimum Gasteiger partial charge on any atom is -0.478 e. The van der Waals surface area contributed by atoms with Crippen LogP contribution in [0.4, 0.5) is 0 Å². The largest absolute Gasteiger partial charge is 0.478 e. The predicted molar refractivity (Wildman–Crippen MR) is 68.2 cm³/mol. The maximum Gasteiger partial charge on any atom is 0.336 e. The number of hydrogen-bond acceptors (Lipinski definition) is 2. The Kier molecular flexibility index (Phi) is 4.48. The van der Waals surface area contributed by atoms with E-state index in [1.165, 1.54) is 6.07 Å². The van der Waals surface area contributed by atoms with Crippen molar-refractivity contribution >= 4 is 11.9 Å². The second kappa shape index (κ2) is 5.67. The van der Waals surface area contributed by atoms with Crippen molar-refractivity contribution < 1.29 is 19.8 Å². The Morgan fingerprint density at radius 3 is 2.17 bits per heavy atom. The topological polar surface area (TPSA) is 74.6 Å². The summed E-state index contributed by atoms with van der Waals surface area (Å²) < 4.78 is 0. The molecule has 4 nitrogen and oxygen atoms in total. The second-order valence-corrected chi connectivity index (χ2v) is 4.64. The van der Waals surface area contributed by atoms with Gasteiger partial charge in [-0.2, -0.15) is 0 Å². The Morgan fingerprint density at radius 1 is 1.17 bits per heavy atom. The SMILES string of the molecule is CCC(c1cccc(C(=O)O)c1C(=O)O)C(C)C. The van der Waals surface area contributed by atoms with Crippen LogP contribution in [0.15, 0.2) is 18.2 Å². The first-order valence-electron chi connectivity index (χ1n) is 5.99. The molecule has 1 aromatic rings. The summed E-state index contributed by atoms with van der Waals surface area (Å²) in [5.74, 6) is -2.07. The highest BCUT2D eigenvalue weighted by molar-refractivity contribution is 6.02. The summed E-state index contributed by atoms with van der Waals surface area (Å²) in [7, 11) is 0. The number of aromatic carboxylic acids is 2. The van der Waals surface area contributed by atoms with Gasteiger partial charge in [0.05, 0.1) is 11.1 Å². The van der Waals surface area contributed by atoms with Gasteiger partial charge in [-0.1, -0.05) is 32.9 Å².